The number of benzene rings is 3. The van der Waals surface area contributed by atoms with Crippen LogP contribution in [0.25, 0.3) is 22.2 Å². The van der Waals surface area contributed by atoms with Crippen LogP contribution in [-0.4, -0.2) is 18.0 Å². The highest BCUT2D eigenvalue weighted by molar-refractivity contribution is 6.30. The van der Waals surface area contributed by atoms with Gasteiger partial charge in [-0.15, -0.1) is 0 Å². The average molecular weight is 377 g/mol. The number of H-pyrrole nitrogens is 1. The molecule has 0 aliphatic carbocycles. The second-order valence-corrected chi connectivity index (χ2v) is 6.55. The minimum atomic E-state index is -0.201. The fraction of sp³-hybridized carbons (Fsp3) is 0.0455. The summed E-state index contributed by atoms with van der Waals surface area (Å²) in [6.07, 6.45) is 0. The molecule has 5 heteroatoms. The van der Waals surface area contributed by atoms with Gasteiger partial charge in [0.25, 0.3) is 5.91 Å². The fourth-order valence-electron chi connectivity index (χ4n) is 3.04. The minimum Gasteiger partial charge on any atom is -0.497 e. The van der Waals surface area contributed by atoms with Crippen molar-refractivity contribution in [2.75, 3.05) is 12.4 Å². The fourth-order valence-corrected chi connectivity index (χ4v) is 3.16. The standard InChI is InChI=1S/C22H17ClN2O2/c1-27-17-11-12-19-18(13-17)21(20(24-19)14-5-3-2-4-6-14)25-22(26)15-7-9-16(23)10-8-15/h2-13,24H,1H3,(H,25,26). The highest BCUT2D eigenvalue weighted by Crippen LogP contribution is 2.37. The van der Waals surface area contributed by atoms with Crippen molar-refractivity contribution in [2.24, 2.45) is 0 Å². The van der Waals surface area contributed by atoms with Gasteiger partial charge in [-0.1, -0.05) is 41.9 Å². The number of anilines is 1. The van der Waals surface area contributed by atoms with Crippen molar-refractivity contribution in [3.8, 4) is 17.0 Å². The van der Waals surface area contributed by atoms with E-state index in [1.54, 1.807) is 31.4 Å². The number of carbonyl (C=O) groups excluding carboxylic acids is 1. The summed E-state index contributed by atoms with van der Waals surface area (Å²) in [6.45, 7) is 0. The molecule has 1 aromatic heterocycles. The van der Waals surface area contributed by atoms with E-state index < -0.39 is 0 Å². The molecule has 0 atom stereocenters. The largest absolute Gasteiger partial charge is 0.497 e. The molecular weight excluding hydrogens is 360 g/mol. The number of aromatic amines is 1. The Kier molecular flexibility index (Phi) is 4.57. The molecule has 0 aliphatic heterocycles. The van der Waals surface area contributed by atoms with Gasteiger partial charge in [0.05, 0.1) is 18.5 Å². The third-order valence-corrected chi connectivity index (χ3v) is 4.67. The van der Waals surface area contributed by atoms with Crippen LogP contribution in [0.5, 0.6) is 5.75 Å². The number of methoxy groups -OCH3 is 1. The Bertz CT molecular complexity index is 1100. The van der Waals surface area contributed by atoms with Gasteiger partial charge >= 0.3 is 0 Å². The summed E-state index contributed by atoms with van der Waals surface area (Å²) in [5.41, 5.74) is 4.01. The first-order valence-corrected chi connectivity index (χ1v) is 8.85. The molecule has 134 valence electrons. The predicted molar refractivity (Wildman–Crippen MR) is 110 cm³/mol. The van der Waals surface area contributed by atoms with E-state index in [0.717, 1.165) is 33.6 Å². The van der Waals surface area contributed by atoms with E-state index in [0.29, 0.717) is 10.6 Å². The van der Waals surface area contributed by atoms with E-state index in [-0.39, 0.29) is 5.91 Å². The van der Waals surface area contributed by atoms with Gasteiger partial charge in [-0.2, -0.15) is 0 Å². The first-order chi connectivity index (χ1) is 13.2. The van der Waals surface area contributed by atoms with Crippen LogP contribution < -0.4 is 10.1 Å². The quantitative estimate of drug-likeness (QED) is 0.476. The zero-order valence-corrected chi connectivity index (χ0v) is 15.4. The van der Waals surface area contributed by atoms with Gasteiger partial charge in [0.1, 0.15) is 5.75 Å². The van der Waals surface area contributed by atoms with Gasteiger partial charge in [-0.3, -0.25) is 4.79 Å². The van der Waals surface area contributed by atoms with Crippen LogP contribution in [0.4, 0.5) is 5.69 Å². The Labute approximate surface area is 161 Å². The first-order valence-electron chi connectivity index (χ1n) is 8.48. The highest BCUT2D eigenvalue weighted by atomic mass is 35.5. The maximum absolute atomic E-state index is 12.8. The number of hydrogen-bond acceptors (Lipinski definition) is 2. The van der Waals surface area contributed by atoms with Gasteiger partial charge in [0.15, 0.2) is 0 Å². The lowest BCUT2D eigenvalue weighted by molar-refractivity contribution is 0.102. The Morgan fingerprint density at radius 1 is 1.00 bits per heavy atom. The van der Waals surface area contributed by atoms with Crippen molar-refractivity contribution in [3.63, 3.8) is 0 Å². The Hall–Kier alpha value is -3.24. The summed E-state index contributed by atoms with van der Waals surface area (Å²) in [5.74, 6) is 0.524. The highest BCUT2D eigenvalue weighted by Gasteiger charge is 2.17. The monoisotopic (exact) mass is 376 g/mol. The van der Waals surface area contributed by atoms with Gasteiger partial charge in [0.2, 0.25) is 0 Å². The number of nitrogens with one attached hydrogen (secondary N) is 2. The SMILES string of the molecule is COc1ccc2[nH]c(-c3ccccc3)c(NC(=O)c3ccc(Cl)cc3)c2c1. The second kappa shape index (κ2) is 7.17. The van der Waals surface area contributed by atoms with E-state index in [4.69, 9.17) is 16.3 Å². The van der Waals surface area contributed by atoms with E-state index >= 15 is 0 Å². The maximum Gasteiger partial charge on any atom is 0.255 e. The molecule has 27 heavy (non-hydrogen) atoms. The predicted octanol–water partition coefficient (Wildman–Crippen LogP) is 5.75. The summed E-state index contributed by atoms with van der Waals surface area (Å²) in [5, 5.41) is 4.53. The van der Waals surface area contributed by atoms with Crippen molar-refractivity contribution in [1.29, 1.82) is 0 Å². The van der Waals surface area contributed by atoms with E-state index in [1.165, 1.54) is 0 Å². The van der Waals surface area contributed by atoms with Crippen molar-refractivity contribution in [2.45, 2.75) is 0 Å². The van der Waals surface area contributed by atoms with Crippen LogP contribution in [0.2, 0.25) is 5.02 Å². The van der Waals surface area contributed by atoms with Crippen molar-refractivity contribution >= 4 is 34.1 Å². The molecule has 4 nitrogen and oxygen atoms in total. The van der Waals surface area contributed by atoms with Crippen LogP contribution in [0.3, 0.4) is 0 Å². The smallest absolute Gasteiger partial charge is 0.255 e. The summed E-state index contributed by atoms with van der Waals surface area (Å²) in [7, 11) is 1.62. The van der Waals surface area contributed by atoms with Crippen LogP contribution in [0.1, 0.15) is 10.4 Å². The van der Waals surface area contributed by atoms with Crippen LogP contribution in [0, 0.1) is 0 Å². The summed E-state index contributed by atoms with van der Waals surface area (Å²) in [6, 6.07) is 22.4. The van der Waals surface area contributed by atoms with Crippen LogP contribution in [0.15, 0.2) is 72.8 Å². The molecule has 0 saturated heterocycles. The molecule has 0 aliphatic rings. The number of halogens is 1. The third kappa shape index (κ3) is 3.39. The minimum absolute atomic E-state index is 0.201. The Morgan fingerprint density at radius 3 is 2.44 bits per heavy atom. The summed E-state index contributed by atoms with van der Waals surface area (Å²) in [4.78, 5) is 16.2. The molecule has 0 unspecified atom stereocenters. The van der Waals surface area contributed by atoms with Crippen molar-refractivity contribution < 1.29 is 9.53 Å². The van der Waals surface area contributed by atoms with Crippen molar-refractivity contribution in [3.05, 3.63) is 83.4 Å². The Morgan fingerprint density at radius 2 is 1.74 bits per heavy atom. The van der Waals surface area contributed by atoms with Crippen molar-refractivity contribution in [1.82, 2.24) is 4.98 Å². The molecule has 1 amide bonds. The lowest BCUT2D eigenvalue weighted by Crippen LogP contribution is -2.12. The van der Waals surface area contributed by atoms with Crippen LogP contribution >= 0.6 is 11.6 Å². The molecule has 3 aromatic carbocycles. The molecular formula is C22H17ClN2O2. The molecule has 0 fully saturated rings. The second-order valence-electron chi connectivity index (χ2n) is 6.11. The summed E-state index contributed by atoms with van der Waals surface area (Å²) >= 11 is 5.93. The van der Waals surface area contributed by atoms with Crippen LogP contribution in [-0.2, 0) is 0 Å². The van der Waals surface area contributed by atoms with E-state index in [2.05, 4.69) is 10.3 Å². The van der Waals surface area contributed by atoms with E-state index in [1.807, 2.05) is 48.5 Å². The van der Waals surface area contributed by atoms with Gasteiger partial charge in [0, 0.05) is 27.1 Å². The molecule has 0 spiro atoms. The number of carbonyl (C=O) groups is 1. The number of rotatable bonds is 4. The van der Waals surface area contributed by atoms with Gasteiger partial charge in [-0.05, 0) is 42.5 Å². The zero-order chi connectivity index (χ0) is 18.8. The lowest BCUT2D eigenvalue weighted by Gasteiger charge is -2.08. The topological polar surface area (TPSA) is 54.1 Å². The lowest BCUT2D eigenvalue weighted by atomic mass is 10.1. The van der Waals surface area contributed by atoms with E-state index in [9.17, 15) is 4.79 Å². The third-order valence-electron chi connectivity index (χ3n) is 4.41. The number of amides is 1. The molecule has 4 rings (SSSR count). The molecule has 1 heterocycles. The molecule has 4 aromatic rings. The first kappa shape index (κ1) is 17.2. The maximum atomic E-state index is 12.8. The number of aromatic nitrogens is 1. The number of hydrogen-bond donors (Lipinski definition) is 2. The molecule has 0 bridgehead atoms. The molecule has 0 saturated carbocycles. The van der Waals surface area contributed by atoms with Gasteiger partial charge in [-0.25, -0.2) is 0 Å². The Balaban J connectivity index is 1.83. The zero-order valence-electron chi connectivity index (χ0n) is 14.6. The number of ether oxygens (including phenoxy) is 1. The molecule has 0 radical (unpaired) electrons. The normalized spacial score (nSPS) is 10.7. The van der Waals surface area contributed by atoms with Gasteiger partial charge < -0.3 is 15.0 Å². The molecule has 2 N–H and O–H groups in total. The summed E-state index contributed by atoms with van der Waals surface area (Å²) < 4.78 is 5.35. The number of fused-ring (bicyclic) bond motifs is 1. The average Bonchev–Trinajstić information content (AvgIpc) is 3.06.